The molecule has 5 heteroatoms. The van der Waals surface area contributed by atoms with E-state index in [0.29, 0.717) is 6.54 Å². The highest BCUT2D eigenvalue weighted by molar-refractivity contribution is 4.27. The lowest BCUT2D eigenvalue weighted by Crippen LogP contribution is -2.10. The lowest BCUT2D eigenvalue weighted by molar-refractivity contribution is 0.296. The summed E-state index contributed by atoms with van der Waals surface area (Å²) in [4.78, 5) is 8.11. The first-order valence-corrected chi connectivity index (χ1v) is 2.05. The Morgan fingerprint density at radius 2 is 2.12 bits per heavy atom. The number of hydrogen-bond acceptors (Lipinski definition) is 4. The molecular formula is C3H10N2O3. The summed E-state index contributed by atoms with van der Waals surface area (Å²) < 4.78 is 0. The van der Waals surface area contributed by atoms with E-state index in [2.05, 4.69) is 5.32 Å². The van der Waals surface area contributed by atoms with E-state index in [1.165, 1.54) is 5.34 Å². The summed E-state index contributed by atoms with van der Waals surface area (Å²) in [5, 5.41) is 18.7. The second-order valence-corrected chi connectivity index (χ2v) is 0.909. The van der Waals surface area contributed by atoms with Crippen molar-refractivity contribution in [1.82, 2.24) is 5.32 Å². The fourth-order valence-corrected chi connectivity index (χ4v) is 0.112. The van der Waals surface area contributed by atoms with Crippen LogP contribution in [0.2, 0.25) is 0 Å². The molecule has 0 bridgehead atoms. The Morgan fingerprint density at radius 1 is 1.75 bits per heavy atom. The zero-order valence-electron chi connectivity index (χ0n) is 4.66. The van der Waals surface area contributed by atoms with Crippen LogP contribution in [0.4, 0.5) is 0 Å². The molecule has 0 aliphatic heterocycles. The Balaban J connectivity index is 0. The number of rotatable bonds is 2. The van der Waals surface area contributed by atoms with Crippen LogP contribution in [-0.4, -0.2) is 30.5 Å². The van der Waals surface area contributed by atoms with E-state index < -0.39 is 0 Å². The second-order valence-electron chi connectivity index (χ2n) is 0.909. The molecule has 0 aliphatic carbocycles. The van der Waals surface area contributed by atoms with Gasteiger partial charge in [0.05, 0.1) is 6.61 Å². The maximum absolute atomic E-state index is 8.11. The molecule has 0 unspecified atom stereocenters. The van der Waals surface area contributed by atoms with Crippen molar-refractivity contribution >= 4 is 0 Å². The Kier molecular flexibility index (Phi) is 21.0. The van der Waals surface area contributed by atoms with Crippen molar-refractivity contribution in [3.05, 3.63) is 4.91 Å². The first-order valence-electron chi connectivity index (χ1n) is 2.05. The summed E-state index contributed by atoms with van der Waals surface area (Å²) in [7, 11) is 1.80. The molecule has 0 heterocycles. The maximum Gasteiger partial charge on any atom is 0.152 e. The summed E-state index contributed by atoms with van der Waals surface area (Å²) >= 11 is 0. The Labute approximate surface area is 47.3 Å². The largest absolute Gasteiger partial charge is 0.395 e. The van der Waals surface area contributed by atoms with Gasteiger partial charge in [-0.1, -0.05) is 0 Å². The van der Waals surface area contributed by atoms with Crippen LogP contribution < -0.4 is 5.32 Å². The summed E-state index contributed by atoms with van der Waals surface area (Å²) in [6.07, 6.45) is 0. The lowest BCUT2D eigenvalue weighted by Gasteiger charge is -1.84. The van der Waals surface area contributed by atoms with Gasteiger partial charge in [0.15, 0.2) is 5.34 Å². The molecule has 5 nitrogen and oxygen atoms in total. The first kappa shape index (κ1) is 10.3. The Hall–Kier alpha value is -0.680. The molecule has 3 N–H and O–H groups in total. The summed E-state index contributed by atoms with van der Waals surface area (Å²) in [6.45, 7) is 0.927. The molecule has 0 radical (unpaired) electrons. The normalized spacial score (nSPS) is 6.75. The van der Waals surface area contributed by atoms with Crippen molar-refractivity contribution < 1.29 is 10.3 Å². The van der Waals surface area contributed by atoms with Crippen LogP contribution in [0.1, 0.15) is 0 Å². The SMILES string of the molecule is CNCCO.O=NO. The molecule has 0 amide bonds. The smallest absolute Gasteiger partial charge is 0.152 e. The van der Waals surface area contributed by atoms with E-state index in [0.717, 1.165) is 0 Å². The minimum Gasteiger partial charge on any atom is -0.395 e. The monoisotopic (exact) mass is 122 g/mol. The van der Waals surface area contributed by atoms with E-state index in [4.69, 9.17) is 15.2 Å². The van der Waals surface area contributed by atoms with Gasteiger partial charge >= 0.3 is 0 Å². The van der Waals surface area contributed by atoms with Gasteiger partial charge in [-0.15, -0.1) is 4.91 Å². The predicted octanol–water partition coefficient (Wildman–Crippen LogP) is -0.660. The average molecular weight is 122 g/mol. The maximum atomic E-state index is 8.11. The number of nitrogens with one attached hydrogen (secondary N) is 1. The van der Waals surface area contributed by atoms with E-state index >= 15 is 0 Å². The second kappa shape index (κ2) is 16.2. The Bertz CT molecular complexity index is 39.5. The zero-order valence-corrected chi connectivity index (χ0v) is 4.66. The van der Waals surface area contributed by atoms with Crippen LogP contribution in [0.3, 0.4) is 0 Å². The molecule has 0 saturated carbocycles. The van der Waals surface area contributed by atoms with Gasteiger partial charge < -0.3 is 15.6 Å². The highest BCUT2D eigenvalue weighted by atomic mass is 16.6. The lowest BCUT2D eigenvalue weighted by atomic mass is 10.7. The van der Waals surface area contributed by atoms with Crippen LogP contribution in [0, 0.1) is 4.91 Å². The molecule has 8 heavy (non-hydrogen) atoms. The van der Waals surface area contributed by atoms with Gasteiger partial charge in [-0.2, -0.15) is 0 Å². The third-order valence-corrected chi connectivity index (χ3v) is 0.362. The van der Waals surface area contributed by atoms with Crippen LogP contribution in [0.15, 0.2) is 5.34 Å². The average Bonchev–Trinajstić information content (AvgIpc) is 1.71. The summed E-state index contributed by atoms with van der Waals surface area (Å²) in [5.41, 5.74) is 0. The molecule has 0 aromatic rings. The van der Waals surface area contributed by atoms with Gasteiger partial charge in [-0.25, -0.2) is 0 Å². The number of aliphatic hydroxyl groups is 1. The van der Waals surface area contributed by atoms with Crippen molar-refractivity contribution in [2.75, 3.05) is 20.2 Å². The predicted molar refractivity (Wildman–Crippen MR) is 28.6 cm³/mol. The molecule has 0 atom stereocenters. The van der Waals surface area contributed by atoms with Crippen LogP contribution in [0.5, 0.6) is 0 Å². The number of hydrogen-bond donors (Lipinski definition) is 3. The number of aliphatic hydroxyl groups excluding tert-OH is 1. The van der Waals surface area contributed by atoms with E-state index in [1.807, 2.05) is 0 Å². The van der Waals surface area contributed by atoms with Gasteiger partial charge in [-0.05, 0) is 7.05 Å². The Morgan fingerprint density at radius 3 is 2.12 bits per heavy atom. The highest BCUT2D eigenvalue weighted by Gasteiger charge is 1.65. The molecule has 0 aliphatic rings. The van der Waals surface area contributed by atoms with Gasteiger partial charge in [0, 0.05) is 6.54 Å². The molecule has 0 aromatic heterocycles. The van der Waals surface area contributed by atoms with Crippen molar-refractivity contribution in [3.8, 4) is 0 Å². The van der Waals surface area contributed by atoms with Gasteiger partial charge in [0.1, 0.15) is 0 Å². The zero-order chi connectivity index (χ0) is 6.83. The van der Waals surface area contributed by atoms with E-state index in [1.54, 1.807) is 7.05 Å². The first-order chi connectivity index (χ1) is 3.83. The highest BCUT2D eigenvalue weighted by Crippen LogP contribution is 1.42. The molecular weight excluding hydrogens is 112 g/mol. The minimum absolute atomic E-state index is 0.233. The fourth-order valence-electron chi connectivity index (χ4n) is 0.112. The topological polar surface area (TPSA) is 81.9 Å². The van der Waals surface area contributed by atoms with Gasteiger partial charge in [0.25, 0.3) is 0 Å². The van der Waals surface area contributed by atoms with Crippen molar-refractivity contribution in [1.29, 1.82) is 0 Å². The fraction of sp³-hybridized carbons (Fsp3) is 1.00. The number of nitrogens with zero attached hydrogens (tertiary/aromatic N) is 1. The molecule has 0 fully saturated rings. The van der Waals surface area contributed by atoms with Crippen molar-refractivity contribution in [2.24, 2.45) is 5.34 Å². The van der Waals surface area contributed by atoms with Crippen molar-refractivity contribution in [2.45, 2.75) is 0 Å². The van der Waals surface area contributed by atoms with Crippen LogP contribution >= 0.6 is 0 Å². The van der Waals surface area contributed by atoms with Crippen molar-refractivity contribution in [3.63, 3.8) is 0 Å². The summed E-state index contributed by atoms with van der Waals surface area (Å²) in [5.74, 6) is 0. The third-order valence-electron chi connectivity index (χ3n) is 0.362. The molecule has 50 valence electrons. The van der Waals surface area contributed by atoms with Gasteiger partial charge in [0.2, 0.25) is 0 Å². The van der Waals surface area contributed by atoms with E-state index in [9.17, 15) is 0 Å². The van der Waals surface area contributed by atoms with Crippen LogP contribution in [0.25, 0.3) is 0 Å². The quantitative estimate of drug-likeness (QED) is 0.335. The minimum atomic E-state index is 0.233. The summed E-state index contributed by atoms with van der Waals surface area (Å²) in [6, 6.07) is 0. The molecule has 0 spiro atoms. The standard InChI is InChI=1S/C3H9NO.HNO2/c1-4-2-3-5;2-1-3/h4-5H,2-3H2,1H3;(H,2,3). The molecule has 0 saturated heterocycles. The molecule has 0 aromatic carbocycles. The third kappa shape index (κ3) is 57.0. The van der Waals surface area contributed by atoms with Gasteiger partial charge in [-0.3, -0.25) is 0 Å². The molecule has 0 rings (SSSR count). The van der Waals surface area contributed by atoms with E-state index in [-0.39, 0.29) is 6.61 Å². The van der Waals surface area contributed by atoms with Crippen LogP contribution in [-0.2, 0) is 0 Å². The number of likely N-dealkylation sites (N-methyl/N-ethyl adjacent to an activating group) is 1.